The zero-order valence-corrected chi connectivity index (χ0v) is 15.0. The molecule has 0 aliphatic rings. The Morgan fingerprint density at radius 1 is 0.606 bits per heavy atom. The first kappa shape index (κ1) is 30.8. The second-order valence-corrected chi connectivity index (χ2v) is 6.13. The van der Waals surface area contributed by atoms with Gasteiger partial charge in [0.25, 0.3) is 0 Å². The maximum absolute atomic E-state index is 13.5. The Morgan fingerprint density at radius 2 is 0.939 bits per heavy atom. The molecular formula is C14H8F17NO. The minimum absolute atomic E-state index is 0.746. The van der Waals surface area contributed by atoms with E-state index >= 15 is 0 Å². The molecule has 0 aromatic carbocycles. The second kappa shape index (κ2) is 8.56. The highest BCUT2D eigenvalue weighted by atomic mass is 19.4. The molecule has 1 amide bonds. The SMILES string of the molecule is C#CCNC(=O)CCC(F)(F)C(F)(F)C(F)(F)C(F)(F)C(F)(F)C(F)(F)C(F)(F)C(F)(F)F. The summed E-state index contributed by atoms with van der Waals surface area (Å²) in [7, 11) is 0. The molecule has 1 N–H and O–H groups in total. The van der Waals surface area contributed by atoms with Crippen LogP contribution in [0.15, 0.2) is 0 Å². The van der Waals surface area contributed by atoms with Gasteiger partial charge in [-0.15, -0.1) is 6.42 Å². The molecule has 0 radical (unpaired) electrons. The average molecular weight is 529 g/mol. The van der Waals surface area contributed by atoms with Crippen LogP contribution in [-0.4, -0.2) is 60.1 Å². The van der Waals surface area contributed by atoms with Crippen molar-refractivity contribution in [1.29, 1.82) is 0 Å². The third kappa shape index (κ3) is 4.61. The van der Waals surface area contributed by atoms with E-state index in [2.05, 4.69) is 6.42 Å². The van der Waals surface area contributed by atoms with Gasteiger partial charge in [0.1, 0.15) is 0 Å². The molecule has 194 valence electrons. The highest BCUT2D eigenvalue weighted by Crippen LogP contribution is 2.64. The molecule has 0 saturated heterocycles. The van der Waals surface area contributed by atoms with Crippen molar-refractivity contribution in [3.05, 3.63) is 0 Å². The standard InChI is InChI=1S/C14H8F17NO/c1-2-5-32-6(33)3-4-7(15,16)8(17,18)9(19,20)10(21,22)11(23,24)12(25,26)13(27,28)14(29,30)31/h1H,3-5H2,(H,32,33). The molecule has 33 heavy (non-hydrogen) atoms. The van der Waals surface area contributed by atoms with Crippen LogP contribution in [0.1, 0.15) is 12.8 Å². The first-order chi connectivity index (χ1) is 14.2. The van der Waals surface area contributed by atoms with Crippen LogP contribution >= 0.6 is 0 Å². The average Bonchev–Trinajstić information content (AvgIpc) is 2.62. The van der Waals surface area contributed by atoms with Gasteiger partial charge in [-0.1, -0.05) is 5.92 Å². The molecular weight excluding hydrogens is 521 g/mol. The van der Waals surface area contributed by atoms with Crippen LogP contribution in [0.4, 0.5) is 74.6 Å². The summed E-state index contributed by atoms with van der Waals surface area (Å²) in [6, 6.07) is 0. The van der Waals surface area contributed by atoms with Gasteiger partial charge in [0, 0.05) is 12.8 Å². The van der Waals surface area contributed by atoms with Gasteiger partial charge in [-0.25, -0.2) is 0 Å². The fourth-order valence-corrected chi connectivity index (χ4v) is 1.86. The molecule has 0 saturated carbocycles. The monoisotopic (exact) mass is 529 g/mol. The van der Waals surface area contributed by atoms with E-state index in [9.17, 15) is 79.4 Å². The number of alkyl halides is 17. The topological polar surface area (TPSA) is 29.1 Å². The molecule has 0 fully saturated rings. The predicted octanol–water partition coefficient (Wildman–Crippen LogP) is 5.53. The summed E-state index contributed by atoms with van der Waals surface area (Å²) in [5, 5.41) is 1.50. The quantitative estimate of drug-likeness (QED) is 0.293. The summed E-state index contributed by atoms with van der Waals surface area (Å²) < 4.78 is 221. The normalized spacial score (nSPS) is 15.3. The third-order valence-electron chi connectivity index (χ3n) is 3.84. The number of amides is 1. The highest BCUT2D eigenvalue weighted by Gasteiger charge is 2.95. The molecule has 0 aliphatic carbocycles. The first-order valence-corrected chi connectivity index (χ1v) is 7.62. The summed E-state index contributed by atoms with van der Waals surface area (Å²) in [6.45, 7) is -0.746. The molecule has 19 heteroatoms. The summed E-state index contributed by atoms with van der Waals surface area (Å²) >= 11 is 0. The van der Waals surface area contributed by atoms with E-state index in [1.165, 1.54) is 5.32 Å². The van der Waals surface area contributed by atoms with Gasteiger partial charge in [0.2, 0.25) is 5.91 Å². The number of hydrogen-bond acceptors (Lipinski definition) is 1. The van der Waals surface area contributed by atoms with Gasteiger partial charge in [-0.3, -0.25) is 4.79 Å². The van der Waals surface area contributed by atoms with Crippen LogP contribution in [0.25, 0.3) is 0 Å². The van der Waals surface area contributed by atoms with Gasteiger partial charge in [-0.05, 0) is 0 Å². The van der Waals surface area contributed by atoms with E-state index in [4.69, 9.17) is 0 Å². The molecule has 0 atom stereocenters. The van der Waals surface area contributed by atoms with Crippen LogP contribution in [0.2, 0.25) is 0 Å². The molecule has 0 aliphatic heterocycles. The van der Waals surface area contributed by atoms with E-state index in [0.29, 0.717) is 0 Å². The van der Waals surface area contributed by atoms with Crippen LogP contribution in [0.5, 0.6) is 0 Å². The fraction of sp³-hybridized carbons (Fsp3) is 0.786. The van der Waals surface area contributed by atoms with Crippen LogP contribution in [0.3, 0.4) is 0 Å². The number of carbonyl (C=O) groups excluding carboxylic acids is 1. The minimum atomic E-state index is -8.67. The number of rotatable bonds is 10. The number of nitrogens with one attached hydrogen (secondary N) is 1. The number of halogens is 17. The zero-order valence-electron chi connectivity index (χ0n) is 15.0. The summed E-state index contributed by atoms with van der Waals surface area (Å²) in [5.41, 5.74) is 0. The Morgan fingerprint density at radius 3 is 1.27 bits per heavy atom. The van der Waals surface area contributed by atoms with Crippen molar-refractivity contribution in [3.8, 4) is 12.3 Å². The van der Waals surface area contributed by atoms with Gasteiger partial charge < -0.3 is 5.32 Å². The van der Waals surface area contributed by atoms with Crippen molar-refractivity contribution in [2.75, 3.05) is 6.54 Å². The van der Waals surface area contributed by atoms with Crippen molar-refractivity contribution >= 4 is 5.91 Å². The van der Waals surface area contributed by atoms with Gasteiger partial charge in [0.15, 0.2) is 0 Å². The van der Waals surface area contributed by atoms with E-state index in [1.807, 2.05) is 0 Å². The Bertz CT molecular complexity index is 761. The van der Waals surface area contributed by atoms with Crippen molar-refractivity contribution in [1.82, 2.24) is 5.32 Å². The van der Waals surface area contributed by atoms with E-state index in [1.54, 1.807) is 5.92 Å². The Balaban J connectivity index is 6.37. The number of terminal acetylenes is 1. The molecule has 2 nitrogen and oxygen atoms in total. The zero-order chi connectivity index (χ0) is 27.1. The molecule has 0 spiro atoms. The summed E-state index contributed by atoms with van der Waals surface area (Å²) in [6.07, 6.45) is -7.95. The molecule has 0 unspecified atom stereocenters. The first-order valence-electron chi connectivity index (χ1n) is 7.62. The van der Waals surface area contributed by atoms with Crippen molar-refractivity contribution in [2.24, 2.45) is 0 Å². The van der Waals surface area contributed by atoms with E-state index in [0.717, 1.165) is 0 Å². The van der Waals surface area contributed by atoms with Gasteiger partial charge >= 0.3 is 47.6 Å². The van der Waals surface area contributed by atoms with Crippen molar-refractivity contribution in [2.45, 2.75) is 60.5 Å². The van der Waals surface area contributed by atoms with Crippen LogP contribution < -0.4 is 5.32 Å². The van der Waals surface area contributed by atoms with Gasteiger partial charge in [0.05, 0.1) is 6.54 Å². The van der Waals surface area contributed by atoms with Crippen LogP contribution in [0, 0.1) is 12.3 Å². The smallest absolute Gasteiger partial charge is 0.345 e. The minimum Gasteiger partial charge on any atom is -0.345 e. The summed E-state index contributed by atoms with van der Waals surface area (Å²) in [5.74, 6) is -56.9. The number of hydrogen-bond donors (Lipinski definition) is 1. The lowest BCUT2D eigenvalue weighted by Gasteiger charge is -2.42. The third-order valence-corrected chi connectivity index (χ3v) is 3.84. The lowest BCUT2D eigenvalue weighted by atomic mass is 9.88. The Hall–Kier alpha value is -2.16. The van der Waals surface area contributed by atoms with Crippen molar-refractivity contribution in [3.63, 3.8) is 0 Å². The molecule has 0 aromatic heterocycles. The molecule has 0 rings (SSSR count). The van der Waals surface area contributed by atoms with E-state index in [-0.39, 0.29) is 0 Å². The van der Waals surface area contributed by atoms with Crippen molar-refractivity contribution < 1.29 is 79.4 Å². The predicted molar refractivity (Wildman–Crippen MR) is 71.8 cm³/mol. The largest absolute Gasteiger partial charge is 0.460 e. The Kier molecular flexibility index (Phi) is 8.00. The molecule has 0 heterocycles. The lowest BCUT2D eigenvalue weighted by molar-refractivity contribution is -0.461. The Labute approximate surface area is 171 Å². The highest BCUT2D eigenvalue weighted by molar-refractivity contribution is 5.76. The van der Waals surface area contributed by atoms with Crippen LogP contribution in [-0.2, 0) is 4.79 Å². The lowest BCUT2D eigenvalue weighted by Crippen LogP contribution is -2.74. The number of carbonyl (C=O) groups is 1. The molecule has 0 bridgehead atoms. The maximum Gasteiger partial charge on any atom is 0.460 e. The van der Waals surface area contributed by atoms with E-state index < -0.39 is 72.9 Å². The van der Waals surface area contributed by atoms with Gasteiger partial charge in [-0.2, -0.15) is 74.6 Å². The maximum atomic E-state index is 13.5. The molecule has 0 aromatic rings. The fourth-order valence-electron chi connectivity index (χ4n) is 1.86. The second-order valence-electron chi connectivity index (χ2n) is 6.13. The summed E-state index contributed by atoms with van der Waals surface area (Å²) in [4.78, 5) is 11.0.